The third-order valence-corrected chi connectivity index (χ3v) is 10.1. The molecule has 2 atom stereocenters. The maximum absolute atomic E-state index is 13.6. The van der Waals surface area contributed by atoms with Crippen LogP contribution in [0.1, 0.15) is 37.7 Å². The zero-order valence-corrected chi connectivity index (χ0v) is 23.7. The third-order valence-electron chi connectivity index (χ3n) is 8.00. The summed E-state index contributed by atoms with van der Waals surface area (Å²) in [6, 6.07) is 6.09. The van der Waals surface area contributed by atoms with Crippen LogP contribution in [0.15, 0.2) is 24.3 Å². The van der Waals surface area contributed by atoms with Gasteiger partial charge in [-0.1, -0.05) is 12.1 Å². The average Bonchev–Trinajstić information content (AvgIpc) is 3.29. The molecule has 1 amide bonds. The lowest BCUT2D eigenvalue weighted by molar-refractivity contribution is -0.220. The molecule has 4 rings (SSSR count). The Morgan fingerprint density at radius 1 is 1.15 bits per heavy atom. The van der Waals surface area contributed by atoms with Gasteiger partial charge in [0.05, 0.1) is 44.3 Å². The zero-order chi connectivity index (χ0) is 30.1. The normalized spacial score (nSPS) is 23.4. The number of methoxy groups -OCH3 is 1. The van der Waals surface area contributed by atoms with E-state index in [0.717, 1.165) is 0 Å². The number of hydrogen-bond donors (Lipinski definition) is 0. The summed E-state index contributed by atoms with van der Waals surface area (Å²) < 4.78 is 115. The molecule has 1 saturated carbocycles. The van der Waals surface area contributed by atoms with Crippen LogP contribution in [-0.4, -0.2) is 99.8 Å². The average molecular weight is 615 g/mol. The van der Waals surface area contributed by atoms with Crippen LogP contribution in [0.25, 0.3) is 0 Å². The van der Waals surface area contributed by atoms with Gasteiger partial charge in [-0.05, 0) is 42.9 Å². The van der Waals surface area contributed by atoms with Crippen molar-refractivity contribution >= 4 is 16.1 Å². The van der Waals surface area contributed by atoms with Crippen molar-refractivity contribution in [2.75, 3.05) is 46.2 Å². The lowest BCUT2D eigenvalue weighted by Crippen LogP contribution is -2.49. The number of sulfonamides is 1. The number of amides is 1. The predicted molar refractivity (Wildman–Crippen MR) is 136 cm³/mol. The van der Waals surface area contributed by atoms with Crippen molar-refractivity contribution in [3.63, 3.8) is 0 Å². The molecule has 0 unspecified atom stereocenters. The number of alkyl halides is 5. The molecule has 232 valence electrons. The van der Waals surface area contributed by atoms with Crippen LogP contribution in [0.4, 0.5) is 26.7 Å². The largest absolute Gasteiger partial charge is 0.497 e. The second-order valence-electron chi connectivity index (χ2n) is 11.0. The lowest BCUT2D eigenvalue weighted by atomic mass is 9.83. The number of likely N-dealkylation sites (N-methyl/N-ethyl adjacent to an activating group) is 1. The molecular formula is C26H35F5N2O7S. The highest BCUT2D eigenvalue weighted by Crippen LogP contribution is 2.44. The second kappa shape index (κ2) is 12.2. The molecule has 0 N–H and O–H groups in total. The molecule has 1 aromatic rings. The number of likely N-dealkylation sites (tertiary alicyclic amines) is 1. The van der Waals surface area contributed by atoms with Crippen LogP contribution in [0.3, 0.4) is 0 Å². The Hall–Kier alpha value is -2.23. The molecule has 1 spiro atoms. The van der Waals surface area contributed by atoms with Gasteiger partial charge >= 0.3 is 12.3 Å². The highest BCUT2D eigenvalue weighted by molar-refractivity contribution is 7.89. The van der Waals surface area contributed by atoms with E-state index in [4.69, 9.17) is 18.9 Å². The molecule has 9 nitrogen and oxygen atoms in total. The quantitative estimate of drug-likeness (QED) is 0.365. The van der Waals surface area contributed by atoms with E-state index < -0.39 is 71.3 Å². The van der Waals surface area contributed by atoms with Crippen molar-refractivity contribution in [1.82, 2.24) is 9.21 Å². The monoisotopic (exact) mass is 614 g/mol. The van der Waals surface area contributed by atoms with Crippen molar-refractivity contribution in [3.8, 4) is 5.75 Å². The highest BCUT2D eigenvalue weighted by atomic mass is 32.2. The Morgan fingerprint density at radius 3 is 2.34 bits per heavy atom. The Labute approximate surface area is 235 Å². The van der Waals surface area contributed by atoms with E-state index in [1.54, 1.807) is 24.3 Å². The third kappa shape index (κ3) is 7.99. The number of halogens is 5. The number of ether oxygens (including phenoxy) is 4. The maximum Gasteiger partial charge on any atom is 0.427 e. The van der Waals surface area contributed by atoms with Gasteiger partial charge in [-0.3, -0.25) is 0 Å². The second-order valence-corrected chi connectivity index (χ2v) is 13.1. The van der Waals surface area contributed by atoms with E-state index in [0.29, 0.717) is 17.7 Å². The first-order chi connectivity index (χ1) is 19.1. The predicted octanol–water partition coefficient (Wildman–Crippen LogP) is 4.21. The molecule has 1 aliphatic carbocycles. The minimum atomic E-state index is -4.83. The SMILES string of the molecule is COc1ccc(COC[C@@H](OC(=O)N2CCC3(CC2)C[C@@H](N(C)S(=O)(=O)CC2CC(F)(F)C2)CO3)C(F)(F)F)cc1. The first-order valence-electron chi connectivity index (χ1n) is 13.3. The van der Waals surface area contributed by atoms with E-state index in [2.05, 4.69) is 0 Å². The first kappa shape index (κ1) is 31.7. The zero-order valence-electron chi connectivity index (χ0n) is 22.9. The topological polar surface area (TPSA) is 94.6 Å². The number of benzene rings is 1. The number of carbonyl (C=O) groups excluding carboxylic acids is 1. The minimum Gasteiger partial charge on any atom is -0.497 e. The molecule has 2 aliphatic heterocycles. The van der Waals surface area contributed by atoms with Gasteiger partial charge in [-0.15, -0.1) is 0 Å². The highest BCUT2D eigenvalue weighted by Gasteiger charge is 2.50. The number of carbonyl (C=O) groups is 1. The Balaban J connectivity index is 1.24. The Kier molecular flexibility index (Phi) is 9.41. The van der Waals surface area contributed by atoms with E-state index in [-0.39, 0.29) is 44.9 Å². The van der Waals surface area contributed by atoms with E-state index >= 15 is 0 Å². The molecule has 3 aliphatic rings. The fourth-order valence-electron chi connectivity index (χ4n) is 5.44. The summed E-state index contributed by atoms with van der Waals surface area (Å²) in [6.07, 6.45) is -8.40. The van der Waals surface area contributed by atoms with Crippen LogP contribution >= 0.6 is 0 Å². The fourth-order valence-corrected chi connectivity index (χ4v) is 7.10. The molecule has 0 aromatic heterocycles. The summed E-state index contributed by atoms with van der Waals surface area (Å²) in [4.78, 5) is 13.8. The van der Waals surface area contributed by atoms with E-state index in [1.165, 1.54) is 23.4 Å². The van der Waals surface area contributed by atoms with Gasteiger partial charge in [-0.25, -0.2) is 22.0 Å². The molecule has 0 radical (unpaired) electrons. The number of nitrogens with zero attached hydrogens (tertiary/aromatic N) is 2. The number of rotatable bonds is 10. The lowest BCUT2D eigenvalue weighted by Gasteiger charge is -2.39. The van der Waals surface area contributed by atoms with Crippen LogP contribution in [0.5, 0.6) is 5.75 Å². The van der Waals surface area contributed by atoms with Crippen LogP contribution in [0.2, 0.25) is 0 Å². The first-order valence-corrected chi connectivity index (χ1v) is 14.9. The van der Waals surface area contributed by atoms with Gasteiger partial charge in [-0.2, -0.15) is 17.5 Å². The smallest absolute Gasteiger partial charge is 0.427 e. The van der Waals surface area contributed by atoms with Gasteiger partial charge in [0, 0.05) is 33.0 Å². The van der Waals surface area contributed by atoms with Gasteiger partial charge < -0.3 is 23.8 Å². The van der Waals surface area contributed by atoms with Crippen LogP contribution in [-0.2, 0) is 30.8 Å². The summed E-state index contributed by atoms with van der Waals surface area (Å²) in [7, 11) is -0.884. The van der Waals surface area contributed by atoms with Crippen LogP contribution in [0, 0.1) is 5.92 Å². The van der Waals surface area contributed by atoms with Crippen LogP contribution < -0.4 is 4.74 Å². The van der Waals surface area contributed by atoms with E-state index in [9.17, 15) is 35.2 Å². The van der Waals surface area contributed by atoms with Crippen molar-refractivity contribution in [1.29, 1.82) is 0 Å². The van der Waals surface area contributed by atoms with Crippen molar-refractivity contribution in [2.24, 2.45) is 5.92 Å². The number of hydrogen-bond acceptors (Lipinski definition) is 7. The van der Waals surface area contributed by atoms with E-state index in [1.807, 2.05) is 0 Å². The molecule has 2 heterocycles. The standard InChI is InChI=1S/C26H35F5N2O7S/c1-32(41(35,36)17-19-11-25(27,28)12-19)20-13-24(39-15-20)7-9-33(10-8-24)23(34)40-22(26(29,30)31)16-38-14-18-3-5-21(37-2)6-4-18/h3-6,19-20,22H,7-17H2,1-2H3/t20-,22-/m1/s1. The summed E-state index contributed by atoms with van der Waals surface area (Å²) in [5.74, 6) is -3.16. The summed E-state index contributed by atoms with van der Waals surface area (Å²) in [6.45, 7) is -0.755. The van der Waals surface area contributed by atoms with Gasteiger partial charge in [0.2, 0.25) is 22.0 Å². The summed E-state index contributed by atoms with van der Waals surface area (Å²) in [5.41, 5.74) is -0.114. The molecular weight excluding hydrogens is 579 g/mol. The van der Waals surface area contributed by atoms with Gasteiger partial charge in [0.1, 0.15) is 5.75 Å². The molecule has 15 heteroatoms. The van der Waals surface area contributed by atoms with Crippen molar-refractivity contribution in [2.45, 2.75) is 68.6 Å². The molecule has 0 bridgehead atoms. The summed E-state index contributed by atoms with van der Waals surface area (Å²) in [5, 5.41) is 0. The molecule has 2 saturated heterocycles. The minimum absolute atomic E-state index is 0.0659. The Morgan fingerprint density at radius 2 is 1.78 bits per heavy atom. The molecule has 41 heavy (non-hydrogen) atoms. The Bertz CT molecular complexity index is 1150. The van der Waals surface area contributed by atoms with Gasteiger partial charge in [0.25, 0.3) is 0 Å². The summed E-state index contributed by atoms with van der Waals surface area (Å²) >= 11 is 0. The fraction of sp³-hybridized carbons (Fsp3) is 0.731. The van der Waals surface area contributed by atoms with Gasteiger partial charge in [0.15, 0.2) is 0 Å². The molecule has 3 fully saturated rings. The maximum atomic E-state index is 13.6. The number of piperidine rings is 1. The van der Waals surface area contributed by atoms with Crippen molar-refractivity contribution in [3.05, 3.63) is 29.8 Å². The van der Waals surface area contributed by atoms with Crippen molar-refractivity contribution < 1.29 is 54.1 Å². The molecule has 1 aromatic carbocycles.